The molecule has 0 fully saturated rings. The summed E-state index contributed by atoms with van der Waals surface area (Å²) in [5.74, 6) is -0.234. The van der Waals surface area contributed by atoms with Gasteiger partial charge in [0.15, 0.2) is 5.11 Å². The van der Waals surface area contributed by atoms with Gasteiger partial charge in [0.1, 0.15) is 0 Å². The number of rotatable bonds is 2. The normalized spacial score (nSPS) is 9.90. The van der Waals surface area contributed by atoms with Crippen molar-refractivity contribution in [1.82, 2.24) is 5.32 Å². The van der Waals surface area contributed by atoms with E-state index in [2.05, 4.69) is 26.6 Å². The molecular weight excluding hydrogens is 336 g/mol. The van der Waals surface area contributed by atoms with Crippen LogP contribution in [0.15, 0.2) is 53.0 Å². The maximum absolute atomic E-state index is 12.0. The zero-order valence-electron chi connectivity index (χ0n) is 10.8. The van der Waals surface area contributed by atoms with E-state index >= 15 is 0 Å². The van der Waals surface area contributed by atoms with Gasteiger partial charge in [-0.1, -0.05) is 28.1 Å². The zero-order chi connectivity index (χ0) is 14.5. The molecule has 1 amide bonds. The average molecular weight is 349 g/mol. The number of nitrogens with one attached hydrogen (secondary N) is 2. The number of amides is 1. The van der Waals surface area contributed by atoms with Gasteiger partial charge in [-0.15, -0.1) is 0 Å². The van der Waals surface area contributed by atoms with E-state index in [4.69, 9.17) is 12.2 Å². The van der Waals surface area contributed by atoms with E-state index in [1.54, 1.807) is 12.1 Å². The number of anilines is 1. The molecule has 0 unspecified atom stereocenters. The number of carbonyl (C=O) groups excluding carboxylic acids is 1. The van der Waals surface area contributed by atoms with Gasteiger partial charge in [0.05, 0.1) is 0 Å². The van der Waals surface area contributed by atoms with Crippen LogP contribution in [0.1, 0.15) is 15.9 Å². The molecule has 0 bridgehead atoms. The molecule has 2 aromatic carbocycles. The predicted octanol–water partition coefficient (Wildman–Crippen LogP) is 3.88. The number of hydrogen-bond donors (Lipinski definition) is 2. The summed E-state index contributed by atoms with van der Waals surface area (Å²) in [6.45, 7) is 1.99. The summed E-state index contributed by atoms with van der Waals surface area (Å²) < 4.78 is 0.925. The molecule has 20 heavy (non-hydrogen) atoms. The van der Waals surface area contributed by atoms with Crippen LogP contribution in [0.3, 0.4) is 0 Å². The Labute approximate surface area is 131 Å². The van der Waals surface area contributed by atoms with Crippen LogP contribution in [0.2, 0.25) is 0 Å². The van der Waals surface area contributed by atoms with E-state index in [0.717, 1.165) is 15.7 Å². The van der Waals surface area contributed by atoms with Crippen LogP contribution in [0, 0.1) is 6.92 Å². The van der Waals surface area contributed by atoms with Crippen LogP contribution in [0.25, 0.3) is 0 Å². The first-order chi connectivity index (χ1) is 9.54. The van der Waals surface area contributed by atoms with Crippen molar-refractivity contribution in [3.8, 4) is 0 Å². The third-order valence-electron chi connectivity index (χ3n) is 2.61. The lowest BCUT2D eigenvalue weighted by Gasteiger charge is -2.10. The molecule has 0 saturated heterocycles. The van der Waals surface area contributed by atoms with Crippen LogP contribution in [0.5, 0.6) is 0 Å². The Morgan fingerprint density at radius 3 is 2.50 bits per heavy atom. The van der Waals surface area contributed by atoms with E-state index in [1.807, 2.05) is 43.3 Å². The Balaban J connectivity index is 1.97. The van der Waals surface area contributed by atoms with Gasteiger partial charge in [0.25, 0.3) is 5.91 Å². The highest BCUT2D eigenvalue weighted by molar-refractivity contribution is 9.10. The fourth-order valence-electron chi connectivity index (χ4n) is 1.66. The van der Waals surface area contributed by atoms with Crippen molar-refractivity contribution in [1.29, 1.82) is 0 Å². The van der Waals surface area contributed by atoms with E-state index in [0.29, 0.717) is 5.56 Å². The molecule has 0 saturated carbocycles. The lowest BCUT2D eigenvalue weighted by Crippen LogP contribution is -2.34. The summed E-state index contributed by atoms with van der Waals surface area (Å²) in [5, 5.41) is 5.92. The minimum Gasteiger partial charge on any atom is -0.332 e. The molecule has 0 heterocycles. The molecule has 3 nitrogen and oxygen atoms in total. The van der Waals surface area contributed by atoms with Crippen molar-refractivity contribution in [2.24, 2.45) is 0 Å². The highest BCUT2D eigenvalue weighted by Gasteiger charge is 2.07. The third kappa shape index (κ3) is 4.15. The standard InChI is InChI=1S/C15H13BrN2OS/c1-10-3-2-4-13(9-10)17-15(20)18-14(19)11-5-7-12(16)8-6-11/h2-9H,1H3,(H2,17,18,19,20). The van der Waals surface area contributed by atoms with Crippen molar-refractivity contribution < 1.29 is 4.79 Å². The lowest BCUT2D eigenvalue weighted by atomic mass is 10.2. The van der Waals surface area contributed by atoms with Crippen LogP contribution >= 0.6 is 28.1 Å². The van der Waals surface area contributed by atoms with Crippen LogP contribution in [-0.2, 0) is 0 Å². The minimum atomic E-state index is -0.234. The molecule has 0 spiro atoms. The van der Waals surface area contributed by atoms with E-state index < -0.39 is 0 Å². The van der Waals surface area contributed by atoms with E-state index in [1.165, 1.54) is 0 Å². The molecule has 0 aliphatic heterocycles. The molecule has 2 rings (SSSR count). The topological polar surface area (TPSA) is 41.1 Å². The van der Waals surface area contributed by atoms with Gasteiger partial charge in [-0.2, -0.15) is 0 Å². The Hall–Kier alpha value is -1.72. The maximum Gasteiger partial charge on any atom is 0.257 e. The number of aryl methyl sites for hydroxylation is 1. The number of carbonyl (C=O) groups is 1. The van der Waals surface area contributed by atoms with Crippen molar-refractivity contribution in [2.45, 2.75) is 6.92 Å². The summed E-state index contributed by atoms with van der Waals surface area (Å²) in [6, 6.07) is 14.9. The number of benzene rings is 2. The Morgan fingerprint density at radius 2 is 1.85 bits per heavy atom. The molecular formula is C15H13BrN2OS. The van der Waals surface area contributed by atoms with Gasteiger partial charge < -0.3 is 5.32 Å². The summed E-state index contributed by atoms with van der Waals surface area (Å²) >= 11 is 8.46. The maximum atomic E-state index is 12.0. The highest BCUT2D eigenvalue weighted by atomic mass is 79.9. The number of halogens is 1. The van der Waals surface area contributed by atoms with Gasteiger partial charge in [-0.05, 0) is 61.1 Å². The predicted molar refractivity (Wildman–Crippen MR) is 89.0 cm³/mol. The number of hydrogen-bond acceptors (Lipinski definition) is 2. The summed E-state index contributed by atoms with van der Waals surface area (Å²) in [6.07, 6.45) is 0. The smallest absolute Gasteiger partial charge is 0.257 e. The van der Waals surface area contributed by atoms with Gasteiger partial charge in [0.2, 0.25) is 0 Å². The molecule has 0 aliphatic carbocycles. The summed E-state index contributed by atoms with van der Waals surface area (Å²) in [7, 11) is 0. The zero-order valence-corrected chi connectivity index (χ0v) is 13.2. The second-order valence-electron chi connectivity index (χ2n) is 4.28. The minimum absolute atomic E-state index is 0.234. The van der Waals surface area contributed by atoms with E-state index in [-0.39, 0.29) is 11.0 Å². The fourth-order valence-corrected chi connectivity index (χ4v) is 2.14. The van der Waals surface area contributed by atoms with Crippen molar-refractivity contribution in [3.05, 3.63) is 64.1 Å². The van der Waals surface area contributed by atoms with Gasteiger partial charge in [0, 0.05) is 15.7 Å². The quantitative estimate of drug-likeness (QED) is 0.809. The molecule has 0 aromatic heterocycles. The molecule has 0 atom stereocenters. The van der Waals surface area contributed by atoms with Crippen LogP contribution < -0.4 is 10.6 Å². The summed E-state index contributed by atoms with van der Waals surface area (Å²) in [5.41, 5.74) is 2.53. The SMILES string of the molecule is Cc1cccc(NC(=S)NC(=O)c2ccc(Br)cc2)c1. The van der Waals surface area contributed by atoms with Crippen molar-refractivity contribution >= 4 is 44.9 Å². The average Bonchev–Trinajstić information content (AvgIpc) is 2.39. The number of thiocarbonyl (C=S) groups is 1. The lowest BCUT2D eigenvalue weighted by molar-refractivity contribution is 0.0977. The van der Waals surface area contributed by atoms with Crippen LogP contribution in [0.4, 0.5) is 5.69 Å². The Kier molecular flexibility index (Phi) is 4.87. The Bertz CT molecular complexity index is 641. The molecule has 0 aliphatic rings. The fraction of sp³-hybridized carbons (Fsp3) is 0.0667. The van der Waals surface area contributed by atoms with E-state index in [9.17, 15) is 4.79 Å². The highest BCUT2D eigenvalue weighted by Crippen LogP contribution is 2.11. The summed E-state index contributed by atoms with van der Waals surface area (Å²) in [4.78, 5) is 12.0. The molecule has 2 N–H and O–H groups in total. The van der Waals surface area contributed by atoms with Crippen molar-refractivity contribution in [3.63, 3.8) is 0 Å². The van der Waals surface area contributed by atoms with Crippen molar-refractivity contribution in [2.75, 3.05) is 5.32 Å². The molecule has 2 aromatic rings. The second-order valence-corrected chi connectivity index (χ2v) is 5.61. The van der Waals surface area contributed by atoms with Gasteiger partial charge in [-0.25, -0.2) is 0 Å². The van der Waals surface area contributed by atoms with Gasteiger partial charge >= 0.3 is 0 Å². The third-order valence-corrected chi connectivity index (χ3v) is 3.34. The monoisotopic (exact) mass is 348 g/mol. The molecule has 5 heteroatoms. The molecule has 102 valence electrons. The largest absolute Gasteiger partial charge is 0.332 e. The first-order valence-electron chi connectivity index (χ1n) is 5.99. The second kappa shape index (κ2) is 6.63. The van der Waals surface area contributed by atoms with Crippen LogP contribution in [-0.4, -0.2) is 11.0 Å². The van der Waals surface area contributed by atoms with Gasteiger partial charge in [-0.3, -0.25) is 10.1 Å². The Morgan fingerprint density at radius 1 is 1.15 bits per heavy atom. The molecule has 0 radical (unpaired) electrons. The first kappa shape index (κ1) is 14.7. The first-order valence-corrected chi connectivity index (χ1v) is 7.19.